The van der Waals surface area contributed by atoms with E-state index in [1.165, 1.54) is 0 Å². The second kappa shape index (κ2) is 8.23. The summed E-state index contributed by atoms with van der Waals surface area (Å²) in [5.41, 5.74) is 1.78. The Hall–Kier alpha value is -1.65. The fraction of sp³-hybridized carbons (Fsp3) is 0.632. The Labute approximate surface area is 176 Å². The van der Waals surface area contributed by atoms with Crippen LogP contribution in [0.1, 0.15) is 44.4 Å². The summed E-state index contributed by atoms with van der Waals surface area (Å²) in [5.74, 6) is 0.733. The standard InChI is InChI=1S/C19H28ClN6O2P/c1-11(2)12(3)18-13(8-21)17(20)15-9-22-19(24-26(15)18)23-14-6-7-25(10-16(14)27)29(4,5)28/h9,11-12,14,16,27H,6-7,10H2,1-5H3,(H,23,24)/t12?,14-,16-/m1/s1. The van der Waals surface area contributed by atoms with E-state index in [0.717, 1.165) is 5.69 Å². The zero-order valence-electron chi connectivity index (χ0n) is 17.4. The number of aromatic nitrogens is 3. The third kappa shape index (κ3) is 4.29. The summed E-state index contributed by atoms with van der Waals surface area (Å²) in [4.78, 5) is 4.34. The summed E-state index contributed by atoms with van der Waals surface area (Å²) in [6, 6.07) is 1.96. The molecule has 158 valence electrons. The number of rotatable bonds is 5. The van der Waals surface area contributed by atoms with Gasteiger partial charge >= 0.3 is 0 Å². The van der Waals surface area contributed by atoms with Crippen molar-refractivity contribution in [1.82, 2.24) is 19.3 Å². The number of hydrogen-bond donors (Lipinski definition) is 2. The molecule has 3 rings (SSSR count). The topological polar surface area (TPSA) is 107 Å². The summed E-state index contributed by atoms with van der Waals surface area (Å²) in [5, 5.41) is 28.3. The molecule has 2 N–H and O–H groups in total. The van der Waals surface area contributed by atoms with Gasteiger partial charge in [0.05, 0.1) is 34.6 Å². The number of aliphatic hydroxyl groups excluding tert-OH is 1. The van der Waals surface area contributed by atoms with Gasteiger partial charge in [-0.2, -0.15) is 5.26 Å². The molecule has 29 heavy (non-hydrogen) atoms. The van der Waals surface area contributed by atoms with E-state index in [-0.39, 0.29) is 12.0 Å². The molecule has 3 heterocycles. The first kappa shape index (κ1) is 22.0. The van der Waals surface area contributed by atoms with Gasteiger partial charge in [-0.1, -0.05) is 32.4 Å². The van der Waals surface area contributed by atoms with E-state index in [9.17, 15) is 14.9 Å². The predicted molar refractivity (Wildman–Crippen MR) is 115 cm³/mol. The minimum Gasteiger partial charge on any atom is -0.390 e. The summed E-state index contributed by atoms with van der Waals surface area (Å²) in [7, 11) is -2.39. The van der Waals surface area contributed by atoms with Crippen molar-refractivity contribution in [3.05, 3.63) is 22.5 Å². The predicted octanol–water partition coefficient (Wildman–Crippen LogP) is 3.40. The van der Waals surface area contributed by atoms with E-state index in [4.69, 9.17) is 11.6 Å². The highest BCUT2D eigenvalue weighted by Gasteiger charge is 2.33. The molecule has 1 unspecified atom stereocenters. The van der Waals surface area contributed by atoms with Crippen molar-refractivity contribution in [3.63, 3.8) is 0 Å². The Morgan fingerprint density at radius 1 is 1.41 bits per heavy atom. The molecule has 8 nitrogen and oxygen atoms in total. The van der Waals surface area contributed by atoms with Crippen LogP contribution in [0.15, 0.2) is 6.20 Å². The Kier molecular flexibility index (Phi) is 6.26. The van der Waals surface area contributed by atoms with Crippen LogP contribution >= 0.6 is 18.9 Å². The third-order valence-corrected chi connectivity index (χ3v) is 7.87. The molecule has 0 saturated carbocycles. The molecule has 0 bridgehead atoms. The van der Waals surface area contributed by atoms with E-state index in [1.54, 1.807) is 24.0 Å². The highest BCUT2D eigenvalue weighted by Crippen LogP contribution is 2.43. The number of anilines is 1. The maximum absolute atomic E-state index is 12.3. The van der Waals surface area contributed by atoms with E-state index >= 15 is 0 Å². The number of nitrogens with zero attached hydrogens (tertiary/aromatic N) is 5. The molecule has 0 spiro atoms. The average molecular weight is 439 g/mol. The number of nitrogens with one attached hydrogen (secondary N) is 1. The van der Waals surface area contributed by atoms with Crippen molar-refractivity contribution in [2.24, 2.45) is 5.92 Å². The minimum atomic E-state index is -2.39. The number of halogens is 1. The van der Waals surface area contributed by atoms with Crippen LogP contribution in [-0.2, 0) is 4.57 Å². The molecule has 3 atom stereocenters. The number of fused-ring (bicyclic) bond motifs is 1. The first-order valence-electron chi connectivity index (χ1n) is 9.76. The Bertz CT molecular complexity index is 995. The van der Waals surface area contributed by atoms with Crippen LogP contribution in [0.4, 0.5) is 5.95 Å². The van der Waals surface area contributed by atoms with Crippen molar-refractivity contribution in [2.45, 2.75) is 45.3 Å². The fourth-order valence-electron chi connectivity index (χ4n) is 3.63. The highest BCUT2D eigenvalue weighted by atomic mass is 35.5. The normalized spacial score (nSPS) is 22.0. The number of hydrogen-bond acceptors (Lipinski definition) is 6. The van der Waals surface area contributed by atoms with Crippen LogP contribution in [0.3, 0.4) is 0 Å². The van der Waals surface area contributed by atoms with Gasteiger partial charge in [-0.05, 0) is 12.3 Å². The summed E-state index contributed by atoms with van der Waals surface area (Å²) >= 11 is 6.42. The quantitative estimate of drug-likeness (QED) is 0.689. The maximum atomic E-state index is 12.3. The van der Waals surface area contributed by atoms with Crippen LogP contribution in [0.5, 0.6) is 0 Å². The van der Waals surface area contributed by atoms with Gasteiger partial charge in [-0.15, -0.1) is 5.10 Å². The van der Waals surface area contributed by atoms with Crippen LogP contribution in [-0.4, -0.2) is 62.9 Å². The molecule has 0 amide bonds. The van der Waals surface area contributed by atoms with Crippen molar-refractivity contribution in [2.75, 3.05) is 31.7 Å². The van der Waals surface area contributed by atoms with E-state index in [1.807, 2.05) is 11.6 Å². The minimum absolute atomic E-state index is 0.0736. The average Bonchev–Trinajstić information content (AvgIpc) is 2.93. The molecular weight excluding hydrogens is 411 g/mol. The lowest BCUT2D eigenvalue weighted by atomic mass is 9.93. The third-order valence-electron chi connectivity index (χ3n) is 5.76. The van der Waals surface area contributed by atoms with Crippen molar-refractivity contribution < 1.29 is 9.67 Å². The van der Waals surface area contributed by atoms with Crippen molar-refractivity contribution in [1.29, 1.82) is 5.26 Å². The SMILES string of the molecule is CC(C)C(C)c1c(C#N)c(Cl)c2cnc(N[C@@H]3CCN(P(C)(C)=O)C[C@H]3O)nn12. The van der Waals surface area contributed by atoms with Crippen LogP contribution in [0, 0.1) is 17.2 Å². The Morgan fingerprint density at radius 2 is 2.10 bits per heavy atom. The smallest absolute Gasteiger partial charge is 0.241 e. The largest absolute Gasteiger partial charge is 0.390 e. The van der Waals surface area contributed by atoms with Gasteiger partial charge in [0.25, 0.3) is 0 Å². The van der Waals surface area contributed by atoms with Crippen LogP contribution < -0.4 is 5.32 Å². The zero-order chi connectivity index (χ0) is 21.5. The molecular formula is C19H28ClN6O2P. The van der Waals surface area contributed by atoms with Gasteiger partial charge < -0.3 is 15.0 Å². The van der Waals surface area contributed by atoms with E-state index in [2.05, 4.69) is 35.3 Å². The molecule has 0 aliphatic carbocycles. The number of aliphatic hydroxyl groups is 1. The van der Waals surface area contributed by atoms with E-state index in [0.29, 0.717) is 47.5 Å². The zero-order valence-corrected chi connectivity index (χ0v) is 19.1. The molecule has 0 radical (unpaired) electrons. The van der Waals surface area contributed by atoms with Crippen LogP contribution in [0.2, 0.25) is 5.02 Å². The van der Waals surface area contributed by atoms with Gasteiger partial charge in [0.2, 0.25) is 5.95 Å². The van der Waals surface area contributed by atoms with Gasteiger partial charge in [0, 0.05) is 32.3 Å². The molecule has 10 heteroatoms. The molecule has 0 aromatic carbocycles. The van der Waals surface area contributed by atoms with Gasteiger partial charge in [0.15, 0.2) is 0 Å². The molecule has 1 fully saturated rings. The molecule has 1 aliphatic heterocycles. The Balaban J connectivity index is 1.91. The second-order valence-electron chi connectivity index (χ2n) is 8.41. The van der Waals surface area contributed by atoms with Crippen molar-refractivity contribution >= 4 is 30.4 Å². The maximum Gasteiger partial charge on any atom is 0.241 e. The van der Waals surface area contributed by atoms with E-state index < -0.39 is 13.4 Å². The number of β-amino-alcohol motifs (C(OH)–C–C–N with tert-alkyl or cyclic N) is 1. The van der Waals surface area contributed by atoms with Gasteiger partial charge in [0.1, 0.15) is 18.9 Å². The lowest BCUT2D eigenvalue weighted by Crippen LogP contribution is -2.48. The molecule has 1 saturated heterocycles. The Morgan fingerprint density at radius 3 is 2.66 bits per heavy atom. The van der Waals surface area contributed by atoms with Gasteiger partial charge in [-0.25, -0.2) is 9.50 Å². The molecule has 2 aromatic heterocycles. The second-order valence-corrected chi connectivity index (χ2v) is 11.9. The summed E-state index contributed by atoms with van der Waals surface area (Å²) in [6.07, 6.45) is 1.54. The first-order chi connectivity index (χ1) is 13.5. The lowest BCUT2D eigenvalue weighted by molar-refractivity contribution is 0.0943. The van der Waals surface area contributed by atoms with Crippen molar-refractivity contribution in [3.8, 4) is 6.07 Å². The van der Waals surface area contributed by atoms with Gasteiger partial charge in [-0.3, -0.25) is 4.67 Å². The first-order valence-corrected chi connectivity index (χ1v) is 12.7. The fourth-order valence-corrected chi connectivity index (χ4v) is 5.05. The highest BCUT2D eigenvalue weighted by molar-refractivity contribution is 7.59. The molecule has 1 aliphatic rings. The number of nitriles is 1. The van der Waals surface area contributed by atoms with Crippen LogP contribution in [0.25, 0.3) is 5.52 Å². The lowest BCUT2D eigenvalue weighted by Gasteiger charge is -2.37. The number of piperidine rings is 1. The summed E-state index contributed by atoms with van der Waals surface area (Å²) < 4.78 is 15.8. The monoisotopic (exact) mass is 438 g/mol. The molecule has 2 aromatic rings. The summed E-state index contributed by atoms with van der Waals surface area (Å²) in [6.45, 7) is 10.6.